The Balaban J connectivity index is 2.13. The minimum Gasteiger partial charge on any atom is -0.166 e. The van der Waals surface area contributed by atoms with Crippen molar-refractivity contribution in [2.24, 2.45) is 10.2 Å². The molecule has 0 aliphatic heterocycles. The number of hydrogen-bond donors (Lipinski definition) is 0. The lowest BCUT2D eigenvalue weighted by molar-refractivity contribution is -0.137. The van der Waals surface area contributed by atoms with E-state index in [1.165, 1.54) is 24.3 Å². The number of rotatable bonds is 2. The highest BCUT2D eigenvalue weighted by molar-refractivity contribution is 5.51. The number of alkyl halides is 3. The van der Waals surface area contributed by atoms with Gasteiger partial charge in [-0.25, -0.2) is 0 Å². The van der Waals surface area contributed by atoms with E-state index in [1.807, 2.05) is 0 Å². The molecule has 7 heteroatoms. The highest BCUT2D eigenvalue weighted by atomic mass is 19.4. The van der Waals surface area contributed by atoms with E-state index in [0.717, 1.165) is 12.1 Å². The lowest BCUT2D eigenvalue weighted by Gasteiger charge is -2.05. The Hall–Kier alpha value is -2.75. The third kappa shape index (κ3) is 3.38. The van der Waals surface area contributed by atoms with Crippen molar-refractivity contribution in [2.75, 3.05) is 0 Å². The van der Waals surface area contributed by atoms with Crippen molar-refractivity contribution in [2.45, 2.75) is 6.18 Å². The van der Waals surface area contributed by atoms with Crippen LogP contribution in [0, 0.1) is 5.39 Å². The van der Waals surface area contributed by atoms with Crippen LogP contribution in [-0.4, -0.2) is 0 Å². The molecule has 2 rings (SSSR count). The molecule has 0 saturated heterocycles. The van der Waals surface area contributed by atoms with Crippen molar-refractivity contribution >= 4 is 17.1 Å². The maximum absolute atomic E-state index is 12.4. The first-order valence-corrected chi connectivity index (χ1v) is 5.53. The van der Waals surface area contributed by atoms with Gasteiger partial charge < -0.3 is 0 Å². The normalized spacial score (nSPS) is 11.5. The minimum absolute atomic E-state index is 0.314. The molecule has 2 aromatic carbocycles. The number of azo groups is 1. The van der Waals surface area contributed by atoms with Gasteiger partial charge >= 0.3 is 11.9 Å². The third-order valence-corrected chi connectivity index (χ3v) is 2.44. The number of diazo groups is 1. The van der Waals surface area contributed by atoms with E-state index in [1.54, 1.807) is 12.1 Å². The molecular formula is C13H8F3N4+. The predicted molar refractivity (Wildman–Crippen MR) is 66.8 cm³/mol. The predicted octanol–water partition coefficient (Wildman–Crippen LogP) is 5.61. The molecule has 0 N–H and O–H groups in total. The maximum atomic E-state index is 12.4. The SMILES string of the molecule is N#[N+]c1ccc(N=Nc2ccc(C(F)(F)F)cc2)cc1. The van der Waals surface area contributed by atoms with E-state index in [4.69, 9.17) is 5.39 Å². The molecular weight excluding hydrogens is 269 g/mol. The Bertz CT molecular complexity index is 652. The van der Waals surface area contributed by atoms with E-state index < -0.39 is 11.7 Å². The van der Waals surface area contributed by atoms with E-state index in [-0.39, 0.29) is 0 Å². The molecule has 0 bridgehead atoms. The van der Waals surface area contributed by atoms with Gasteiger partial charge in [-0.05, 0) is 36.4 Å². The Labute approximate surface area is 112 Å². The summed E-state index contributed by atoms with van der Waals surface area (Å²) in [6.45, 7) is 0. The largest absolute Gasteiger partial charge is 0.416 e. The second-order valence-corrected chi connectivity index (χ2v) is 3.86. The zero-order chi connectivity index (χ0) is 14.6. The van der Waals surface area contributed by atoms with Gasteiger partial charge in [-0.3, -0.25) is 0 Å². The zero-order valence-electron chi connectivity index (χ0n) is 10.0. The molecule has 0 aliphatic carbocycles. The van der Waals surface area contributed by atoms with Crippen LogP contribution in [0.4, 0.5) is 30.2 Å². The van der Waals surface area contributed by atoms with Crippen LogP contribution in [0.15, 0.2) is 58.8 Å². The Morgan fingerprint density at radius 3 is 1.65 bits per heavy atom. The summed E-state index contributed by atoms with van der Waals surface area (Å²) in [6, 6.07) is 10.6. The van der Waals surface area contributed by atoms with Crippen molar-refractivity contribution in [3.8, 4) is 0 Å². The fraction of sp³-hybridized carbons (Fsp3) is 0.0769. The summed E-state index contributed by atoms with van der Waals surface area (Å²) in [5.74, 6) is 0. The lowest BCUT2D eigenvalue weighted by atomic mass is 10.2. The van der Waals surface area contributed by atoms with Gasteiger partial charge in [-0.15, -0.1) is 0 Å². The van der Waals surface area contributed by atoms with Crippen molar-refractivity contribution in [3.05, 3.63) is 59.1 Å². The fourth-order valence-electron chi connectivity index (χ4n) is 1.42. The second-order valence-electron chi connectivity index (χ2n) is 3.86. The number of benzene rings is 2. The van der Waals surface area contributed by atoms with Crippen LogP contribution < -0.4 is 0 Å². The molecule has 0 aromatic heterocycles. The van der Waals surface area contributed by atoms with Gasteiger partial charge in [0.2, 0.25) is 5.39 Å². The topological polar surface area (TPSA) is 52.9 Å². The van der Waals surface area contributed by atoms with E-state index >= 15 is 0 Å². The molecule has 2 aromatic rings. The van der Waals surface area contributed by atoms with Gasteiger partial charge in [0.15, 0.2) is 4.98 Å². The molecule has 0 unspecified atom stereocenters. The first-order chi connectivity index (χ1) is 9.49. The first kappa shape index (κ1) is 13.7. The van der Waals surface area contributed by atoms with Gasteiger partial charge in [0.25, 0.3) is 0 Å². The molecule has 4 nitrogen and oxygen atoms in total. The Morgan fingerprint density at radius 1 is 0.800 bits per heavy atom. The van der Waals surface area contributed by atoms with E-state index in [9.17, 15) is 13.2 Å². The summed E-state index contributed by atoms with van der Waals surface area (Å²) in [5, 5.41) is 16.2. The number of halogens is 3. The maximum Gasteiger partial charge on any atom is 0.416 e. The molecule has 0 fully saturated rings. The average molecular weight is 277 g/mol. The van der Waals surface area contributed by atoms with Crippen molar-refractivity contribution in [3.63, 3.8) is 0 Å². The van der Waals surface area contributed by atoms with Crippen molar-refractivity contribution in [1.29, 1.82) is 5.39 Å². The van der Waals surface area contributed by atoms with Gasteiger partial charge in [-0.1, -0.05) is 0 Å². The highest BCUT2D eigenvalue weighted by Gasteiger charge is 2.29. The van der Waals surface area contributed by atoms with Crippen LogP contribution in [0.3, 0.4) is 0 Å². The van der Waals surface area contributed by atoms with Gasteiger partial charge in [0.05, 0.1) is 16.9 Å². The van der Waals surface area contributed by atoms with Crippen molar-refractivity contribution in [1.82, 2.24) is 0 Å². The summed E-state index contributed by atoms with van der Waals surface area (Å²) in [6.07, 6.45) is -4.36. The summed E-state index contributed by atoms with van der Waals surface area (Å²) in [4.78, 5) is 2.98. The van der Waals surface area contributed by atoms with E-state index in [2.05, 4.69) is 15.2 Å². The number of nitrogens with zero attached hydrogens (tertiary/aromatic N) is 4. The minimum atomic E-state index is -4.36. The zero-order valence-corrected chi connectivity index (χ0v) is 10.0. The average Bonchev–Trinajstić information content (AvgIpc) is 2.45. The smallest absolute Gasteiger partial charge is 0.166 e. The van der Waals surface area contributed by atoms with Crippen LogP contribution in [-0.2, 0) is 6.18 Å². The first-order valence-electron chi connectivity index (χ1n) is 5.53. The molecule has 0 atom stereocenters. The van der Waals surface area contributed by atoms with Crippen LogP contribution in [0.5, 0.6) is 0 Å². The molecule has 20 heavy (non-hydrogen) atoms. The van der Waals surface area contributed by atoms with Crippen LogP contribution >= 0.6 is 0 Å². The monoisotopic (exact) mass is 277 g/mol. The van der Waals surface area contributed by atoms with Crippen LogP contribution in [0.1, 0.15) is 5.56 Å². The van der Waals surface area contributed by atoms with Crippen LogP contribution in [0.2, 0.25) is 0 Å². The van der Waals surface area contributed by atoms with Crippen LogP contribution in [0.25, 0.3) is 4.98 Å². The van der Waals surface area contributed by atoms with E-state index in [0.29, 0.717) is 17.1 Å². The molecule has 0 heterocycles. The molecule has 0 aliphatic rings. The third-order valence-electron chi connectivity index (χ3n) is 2.44. The van der Waals surface area contributed by atoms with Crippen molar-refractivity contribution < 1.29 is 13.2 Å². The van der Waals surface area contributed by atoms with Gasteiger partial charge in [-0.2, -0.15) is 23.4 Å². The standard InChI is InChI=1S/C13H8F3N4/c14-13(15,16)9-1-3-11(4-2-9)19-20-12-7-5-10(18-17)6-8-12/h1-8H/q+1. The highest BCUT2D eigenvalue weighted by Crippen LogP contribution is 2.30. The Kier molecular flexibility index (Phi) is 3.75. The fourth-order valence-corrected chi connectivity index (χ4v) is 1.42. The second kappa shape index (κ2) is 5.48. The molecule has 0 radical (unpaired) electrons. The molecule has 0 spiro atoms. The molecule has 0 saturated carbocycles. The number of hydrogen-bond acceptors (Lipinski definition) is 3. The van der Waals surface area contributed by atoms with Gasteiger partial charge in [0.1, 0.15) is 0 Å². The summed E-state index contributed by atoms with van der Waals surface area (Å²) in [5.41, 5.74) is 0.454. The quantitative estimate of drug-likeness (QED) is 0.520. The summed E-state index contributed by atoms with van der Waals surface area (Å²) >= 11 is 0. The summed E-state index contributed by atoms with van der Waals surface area (Å²) in [7, 11) is 0. The molecule has 0 amide bonds. The molecule has 100 valence electrons. The lowest BCUT2D eigenvalue weighted by Crippen LogP contribution is -2.03. The Morgan fingerprint density at radius 2 is 1.25 bits per heavy atom. The van der Waals surface area contributed by atoms with Gasteiger partial charge in [0, 0.05) is 12.1 Å². The summed E-state index contributed by atoms with van der Waals surface area (Å²) < 4.78 is 37.1.